The SMILES string of the molecule is COc1ccc(/C=C2/NC(=S)N(c3cccc(C)c3)C2=O)cc1COc1c(Cl)cccc1Cl. The average molecular weight is 499 g/mol. The molecular formula is C25H20Cl2N2O3S. The molecule has 1 aliphatic heterocycles. The molecule has 4 rings (SSSR count). The second-order valence-electron chi connectivity index (χ2n) is 7.38. The predicted molar refractivity (Wildman–Crippen MR) is 136 cm³/mol. The molecule has 3 aromatic carbocycles. The van der Waals surface area contributed by atoms with E-state index in [9.17, 15) is 4.79 Å². The van der Waals surface area contributed by atoms with E-state index >= 15 is 0 Å². The van der Waals surface area contributed by atoms with Crippen LogP contribution in [0.2, 0.25) is 10.0 Å². The standard InChI is InChI=1S/C25H20Cl2N2O3S/c1-15-5-3-6-18(11-15)29-24(30)21(28-25(29)33)13-16-9-10-22(31-2)17(12-16)14-32-23-19(26)7-4-8-20(23)27/h3-13H,14H2,1-2H3,(H,28,33)/b21-13+. The van der Waals surface area contributed by atoms with Crippen molar-refractivity contribution in [3.8, 4) is 11.5 Å². The minimum absolute atomic E-state index is 0.179. The Morgan fingerprint density at radius 1 is 1.06 bits per heavy atom. The van der Waals surface area contributed by atoms with Crippen molar-refractivity contribution in [2.45, 2.75) is 13.5 Å². The van der Waals surface area contributed by atoms with Crippen LogP contribution in [0.15, 0.2) is 66.4 Å². The number of hydrogen-bond donors (Lipinski definition) is 1. The third kappa shape index (κ3) is 4.98. The molecule has 0 bridgehead atoms. The minimum atomic E-state index is -0.220. The third-order valence-corrected chi connectivity index (χ3v) is 5.92. The number of anilines is 1. The summed E-state index contributed by atoms with van der Waals surface area (Å²) in [6.45, 7) is 2.15. The zero-order chi connectivity index (χ0) is 23.5. The van der Waals surface area contributed by atoms with Crippen LogP contribution in [0.3, 0.4) is 0 Å². The summed E-state index contributed by atoms with van der Waals surface area (Å²) in [5.74, 6) is 0.823. The van der Waals surface area contributed by atoms with Gasteiger partial charge in [0, 0.05) is 5.56 Å². The first kappa shape index (κ1) is 23.1. The maximum absolute atomic E-state index is 13.1. The zero-order valence-corrected chi connectivity index (χ0v) is 20.2. The molecule has 5 nitrogen and oxygen atoms in total. The molecule has 1 saturated heterocycles. The van der Waals surface area contributed by atoms with Gasteiger partial charge in [-0.25, -0.2) is 0 Å². The fraction of sp³-hybridized carbons (Fsp3) is 0.120. The molecular weight excluding hydrogens is 479 g/mol. The lowest BCUT2D eigenvalue weighted by Crippen LogP contribution is -2.30. The zero-order valence-electron chi connectivity index (χ0n) is 17.9. The van der Waals surface area contributed by atoms with Gasteiger partial charge in [-0.15, -0.1) is 0 Å². The highest BCUT2D eigenvalue weighted by Crippen LogP contribution is 2.34. The quantitative estimate of drug-likeness (QED) is 0.326. The average Bonchev–Trinajstić information content (AvgIpc) is 3.06. The number of aryl methyl sites for hydroxylation is 1. The number of hydrogen-bond acceptors (Lipinski definition) is 4. The van der Waals surface area contributed by atoms with Gasteiger partial charge in [0.15, 0.2) is 10.9 Å². The van der Waals surface area contributed by atoms with Gasteiger partial charge in [-0.05, 0) is 72.7 Å². The number of nitrogens with zero attached hydrogens (tertiary/aromatic N) is 1. The number of thiocarbonyl (C=S) groups is 1. The highest BCUT2D eigenvalue weighted by molar-refractivity contribution is 7.80. The van der Waals surface area contributed by atoms with Gasteiger partial charge < -0.3 is 14.8 Å². The summed E-state index contributed by atoms with van der Waals surface area (Å²) in [6.07, 6.45) is 1.75. The van der Waals surface area contributed by atoms with Gasteiger partial charge in [0.05, 0.1) is 22.8 Å². The Labute approximate surface area is 207 Å². The summed E-state index contributed by atoms with van der Waals surface area (Å²) in [5.41, 5.74) is 3.70. The van der Waals surface area contributed by atoms with Crippen LogP contribution in [0.5, 0.6) is 11.5 Å². The van der Waals surface area contributed by atoms with Crippen LogP contribution >= 0.6 is 35.4 Å². The summed E-state index contributed by atoms with van der Waals surface area (Å²) in [4.78, 5) is 14.5. The van der Waals surface area contributed by atoms with Crippen LogP contribution in [0, 0.1) is 6.92 Å². The molecule has 1 fully saturated rings. The van der Waals surface area contributed by atoms with Crippen LogP contribution in [0.4, 0.5) is 5.69 Å². The predicted octanol–water partition coefficient (Wildman–Crippen LogP) is 6.15. The molecule has 0 saturated carbocycles. The van der Waals surface area contributed by atoms with E-state index in [0.717, 1.165) is 22.4 Å². The molecule has 0 aliphatic carbocycles. The second kappa shape index (κ2) is 9.83. The summed E-state index contributed by atoms with van der Waals surface area (Å²) < 4.78 is 11.3. The van der Waals surface area contributed by atoms with E-state index in [1.807, 2.05) is 49.4 Å². The Balaban J connectivity index is 1.59. The molecule has 168 valence electrons. The molecule has 1 amide bonds. The maximum atomic E-state index is 13.1. The van der Waals surface area contributed by atoms with Crippen molar-refractivity contribution < 1.29 is 14.3 Å². The van der Waals surface area contributed by atoms with Gasteiger partial charge in [-0.1, -0.05) is 47.5 Å². The van der Waals surface area contributed by atoms with Gasteiger partial charge in [-0.2, -0.15) is 0 Å². The van der Waals surface area contributed by atoms with Crippen molar-refractivity contribution in [2.75, 3.05) is 12.0 Å². The number of para-hydroxylation sites is 1. The van der Waals surface area contributed by atoms with Gasteiger partial charge in [0.2, 0.25) is 0 Å². The first-order valence-electron chi connectivity index (χ1n) is 10.0. The number of carbonyl (C=O) groups is 1. The van der Waals surface area contributed by atoms with Crippen molar-refractivity contribution in [1.82, 2.24) is 5.32 Å². The van der Waals surface area contributed by atoms with E-state index < -0.39 is 0 Å². The fourth-order valence-electron chi connectivity index (χ4n) is 3.47. The number of ether oxygens (including phenoxy) is 2. The third-order valence-electron chi connectivity index (χ3n) is 5.04. The molecule has 0 unspecified atom stereocenters. The highest BCUT2D eigenvalue weighted by atomic mass is 35.5. The van der Waals surface area contributed by atoms with E-state index in [4.69, 9.17) is 44.9 Å². The molecule has 0 radical (unpaired) electrons. The van der Waals surface area contributed by atoms with Crippen LogP contribution in [-0.2, 0) is 11.4 Å². The van der Waals surface area contributed by atoms with Crippen LogP contribution < -0.4 is 19.7 Å². The largest absolute Gasteiger partial charge is 0.496 e. The van der Waals surface area contributed by atoms with E-state index in [1.54, 1.807) is 31.4 Å². The maximum Gasteiger partial charge on any atom is 0.281 e. The number of carbonyl (C=O) groups excluding carboxylic acids is 1. The molecule has 33 heavy (non-hydrogen) atoms. The molecule has 0 spiro atoms. The summed E-state index contributed by atoms with van der Waals surface area (Å²) in [5, 5.41) is 4.19. The molecule has 1 heterocycles. The normalized spacial score (nSPS) is 14.5. The van der Waals surface area contributed by atoms with Crippen molar-refractivity contribution >= 4 is 58.2 Å². The second-order valence-corrected chi connectivity index (χ2v) is 8.58. The van der Waals surface area contributed by atoms with Crippen LogP contribution in [0.1, 0.15) is 16.7 Å². The van der Waals surface area contributed by atoms with E-state index in [-0.39, 0.29) is 12.5 Å². The molecule has 1 aliphatic rings. The van der Waals surface area contributed by atoms with Gasteiger partial charge in [-0.3, -0.25) is 9.69 Å². The molecule has 3 aromatic rings. The number of benzene rings is 3. The number of amides is 1. The van der Waals surface area contributed by atoms with Gasteiger partial charge >= 0.3 is 0 Å². The van der Waals surface area contributed by atoms with Crippen LogP contribution in [-0.4, -0.2) is 18.1 Å². The summed E-state index contributed by atoms with van der Waals surface area (Å²) >= 11 is 17.8. The number of nitrogens with one attached hydrogen (secondary N) is 1. The number of halogens is 2. The van der Waals surface area contributed by atoms with Crippen molar-refractivity contribution in [2.24, 2.45) is 0 Å². The highest BCUT2D eigenvalue weighted by Gasteiger charge is 2.32. The lowest BCUT2D eigenvalue weighted by Gasteiger charge is -2.14. The Kier molecular flexibility index (Phi) is 6.88. The van der Waals surface area contributed by atoms with Gasteiger partial charge in [0.25, 0.3) is 5.91 Å². The number of methoxy groups -OCH3 is 1. The molecule has 0 atom stereocenters. The Morgan fingerprint density at radius 2 is 1.79 bits per heavy atom. The van der Waals surface area contributed by atoms with Crippen LogP contribution in [0.25, 0.3) is 6.08 Å². The monoisotopic (exact) mass is 498 g/mol. The lowest BCUT2D eigenvalue weighted by atomic mass is 10.1. The van der Waals surface area contributed by atoms with E-state index in [0.29, 0.717) is 32.4 Å². The Morgan fingerprint density at radius 3 is 2.48 bits per heavy atom. The van der Waals surface area contributed by atoms with Crippen molar-refractivity contribution in [3.05, 3.63) is 93.1 Å². The minimum Gasteiger partial charge on any atom is -0.496 e. The smallest absolute Gasteiger partial charge is 0.281 e. The summed E-state index contributed by atoms with van der Waals surface area (Å²) in [7, 11) is 1.58. The molecule has 8 heteroatoms. The summed E-state index contributed by atoms with van der Waals surface area (Å²) in [6, 6.07) is 18.3. The first-order valence-corrected chi connectivity index (χ1v) is 11.2. The Bertz CT molecular complexity index is 1260. The molecule has 1 N–H and O–H groups in total. The first-order chi connectivity index (χ1) is 15.9. The topological polar surface area (TPSA) is 50.8 Å². The van der Waals surface area contributed by atoms with E-state index in [2.05, 4.69) is 5.32 Å². The lowest BCUT2D eigenvalue weighted by molar-refractivity contribution is -0.113. The Hall–Kier alpha value is -3.06. The van der Waals surface area contributed by atoms with Crippen molar-refractivity contribution in [1.29, 1.82) is 0 Å². The fourth-order valence-corrected chi connectivity index (χ4v) is 4.28. The van der Waals surface area contributed by atoms with Gasteiger partial charge in [0.1, 0.15) is 18.1 Å². The van der Waals surface area contributed by atoms with E-state index in [1.165, 1.54) is 4.90 Å². The number of rotatable bonds is 6. The van der Waals surface area contributed by atoms with Crippen molar-refractivity contribution in [3.63, 3.8) is 0 Å². The molecule has 0 aromatic heterocycles.